The first-order valence-corrected chi connectivity index (χ1v) is 7.08. The van der Waals surface area contributed by atoms with Gasteiger partial charge in [-0.3, -0.25) is 4.79 Å². The standard InChI is InChI=1S/C16H19N3O/c17-16(20)14-12-13(18-8-4-5-9-18)6-7-15(14)19-10-2-1-3-11-19/h4-9,12H,1-3,10-11H2,(H2,17,20). The maximum Gasteiger partial charge on any atom is 0.250 e. The van der Waals surface area contributed by atoms with Gasteiger partial charge in [0.15, 0.2) is 0 Å². The monoisotopic (exact) mass is 269 g/mol. The van der Waals surface area contributed by atoms with Crippen molar-refractivity contribution < 1.29 is 4.79 Å². The highest BCUT2D eigenvalue weighted by atomic mass is 16.1. The van der Waals surface area contributed by atoms with Crippen LogP contribution in [-0.2, 0) is 0 Å². The molecule has 104 valence electrons. The quantitative estimate of drug-likeness (QED) is 0.931. The number of nitrogens with zero attached hydrogens (tertiary/aromatic N) is 2. The average Bonchev–Trinajstić information content (AvgIpc) is 3.02. The highest BCUT2D eigenvalue weighted by molar-refractivity contribution is 5.99. The van der Waals surface area contributed by atoms with Gasteiger partial charge in [-0.05, 0) is 49.6 Å². The van der Waals surface area contributed by atoms with Gasteiger partial charge in [0.25, 0.3) is 5.91 Å². The maximum absolute atomic E-state index is 11.8. The average molecular weight is 269 g/mol. The van der Waals surface area contributed by atoms with Gasteiger partial charge >= 0.3 is 0 Å². The largest absolute Gasteiger partial charge is 0.371 e. The lowest BCUT2D eigenvalue weighted by Gasteiger charge is -2.30. The van der Waals surface area contributed by atoms with Gasteiger partial charge in [-0.1, -0.05) is 0 Å². The summed E-state index contributed by atoms with van der Waals surface area (Å²) in [5.41, 5.74) is 8.11. The highest BCUT2D eigenvalue weighted by Crippen LogP contribution is 2.26. The Morgan fingerprint density at radius 2 is 1.75 bits per heavy atom. The number of nitrogens with two attached hydrogens (primary N) is 1. The molecule has 1 saturated heterocycles. The maximum atomic E-state index is 11.8. The number of benzene rings is 1. The summed E-state index contributed by atoms with van der Waals surface area (Å²) in [6.45, 7) is 2.01. The minimum Gasteiger partial charge on any atom is -0.371 e. The van der Waals surface area contributed by atoms with Crippen molar-refractivity contribution in [3.63, 3.8) is 0 Å². The van der Waals surface area contributed by atoms with Gasteiger partial charge in [-0.25, -0.2) is 0 Å². The zero-order valence-electron chi connectivity index (χ0n) is 11.5. The van der Waals surface area contributed by atoms with Crippen LogP contribution in [0.5, 0.6) is 0 Å². The number of hydrogen-bond acceptors (Lipinski definition) is 2. The van der Waals surface area contributed by atoms with E-state index in [9.17, 15) is 4.79 Å². The predicted molar refractivity (Wildman–Crippen MR) is 80.4 cm³/mol. The second kappa shape index (κ2) is 5.41. The molecule has 2 N–H and O–H groups in total. The molecular formula is C16H19N3O. The Bertz CT molecular complexity index is 598. The molecule has 0 saturated carbocycles. The first kappa shape index (κ1) is 12.8. The van der Waals surface area contributed by atoms with E-state index >= 15 is 0 Å². The molecule has 4 nitrogen and oxygen atoms in total. The SMILES string of the molecule is NC(=O)c1cc(-n2cccc2)ccc1N1CCCCC1. The predicted octanol–water partition coefficient (Wildman–Crippen LogP) is 2.57. The van der Waals surface area contributed by atoms with Gasteiger partial charge in [0.2, 0.25) is 0 Å². The third-order valence-corrected chi connectivity index (χ3v) is 3.84. The van der Waals surface area contributed by atoms with Crippen LogP contribution in [0.15, 0.2) is 42.7 Å². The van der Waals surface area contributed by atoms with E-state index in [1.165, 1.54) is 19.3 Å². The minimum atomic E-state index is -0.362. The Balaban J connectivity index is 2.00. The van der Waals surface area contributed by atoms with Crippen molar-refractivity contribution in [2.24, 2.45) is 5.73 Å². The van der Waals surface area contributed by atoms with Crippen molar-refractivity contribution in [2.45, 2.75) is 19.3 Å². The van der Waals surface area contributed by atoms with Crippen LogP contribution in [0, 0.1) is 0 Å². The number of rotatable bonds is 3. The fourth-order valence-corrected chi connectivity index (χ4v) is 2.80. The first-order valence-electron chi connectivity index (χ1n) is 7.08. The Morgan fingerprint density at radius 3 is 2.40 bits per heavy atom. The molecule has 1 amide bonds. The van der Waals surface area contributed by atoms with Crippen molar-refractivity contribution in [3.05, 3.63) is 48.3 Å². The number of piperidine rings is 1. The molecule has 1 aromatic carbocycles. The van der Waals surface area contributed by atoms with Gasteiger partial charge in [0, 0.05) is 36.9 Å². The molecule has 1 aromatic heterocycles. The lowest BCUT2D eigenvalue weighted by Crippen LogP contribution is -2.31. The van der Waals surface area contributed by atoms with Crippen LogP contribution in [0.1, 0.15) is 29.6 Å². The van der Waals surface area contributed by atoms with E-state index in [0.29, 0.717) is 5.56 Å². The van der Waals surface area contributed by atoms with E-state index < -0.39 is 0 Å². The molecule has 3 rings (SSSR count). The Kier molecular flexibility index (Phi) is 3.46. The molecule has 0 radical (unpaired) electrons. The zero-order chi connectivity index (χ0) is 13.9. The van der Waals surface area contributed by atoms with Crippen LogP contribution in [0.4, 0.5) is 5.69 Å². The summed E-state index contributed by atoms with van der Waals surface area (Å²) < 4.78 is 1.98. The van der Waals surface area contributed by atoms with Gasteiger partial charge in [0.1, 0.15) is 0 Å². The van der Waals surface area contributed by atoms with Gasteiger partial charge in [-0.2, -0.15) is 0 Å². The van der Waals surface area contributed by atoms with Crippen molar-refractivity contribution >= 4 is 11.6 Å². The molecule has 0 spiro atoms. The number of anilines is 1. The summed E-state index contributed by atoms with van der Waals surface area (Å²) in [7, 11) is 0. The second-order valence-electron chi connectivity index (χ2n) is 5.20. The number of hydrogen-bond donors (Lipinski definition) is 1. The number of amides is 1. The highest BCUT2D eigenvalue weighted by Gasteiger charge is 2.17. The summed E-state index contributed by atoms with van der Waals surface area (Å²) in [4.78, 5) is 14.0. The van der Waals surface area contributed by atoms with E-state index in [4.69, 9.17) is 5.73 Å². The van der Waals surface area contributed by atoms with Crippen LogP contribution in [-0.4, -0.2) is 23.6 Å². The van der Waals surface area contributed by atoms with Crippen LogP contribution in [0.3, 0.4) is 0 Å². The summed E-state index contributed by atoms with van der Waals surface area (Å²) in [6.07, 6.45) is 7.54. The molecule has 1 aliphatic rings. The normalized spacial score (nSPS) is 15.3. The van der Waals surface area contributed by atoms with E-state index in [1.54, 1.807) is 0 Å². The Labute approximate surface area is 118 Å². The van der Waals surface area contributed by atoms with Crippen molar-refractivity contribution in [3.8, 4) is 5.69 Å². The van der Waals surface area contributed by atoms with Crippen molar-refractivity contribution in [1.82, 2.24) is 4.57 Å². The number of carbonyl (C=O) groups excluding carboxylic acids is 1. The van der Waals surface area contributed by atoms with Crippen LogP contribution in [0.2, 0.25) is 0 Å². The van der Waals surface area contributed by atoms with Gasteiger partial charge in [0.05, 0.1) is 5.56 Å². The number of carbonyl (C=O) groups is 1. The topological polar surface area (TPSA) is 51.3 Å². The van der Waals surface area contributed by atoms with Gasteiger partial charge < -0.3 is 15.2 Å². The molecule has 2 aromatic rings. The molecule has 1 aliphatic heterocycles. The van der Waals surface area contributed by atoms with Crippen LogP contribution >= 0.6 is 0 Å². The third kappa shape index (κ3) is 2.41. The van der Waals surface area contributed by atoms with E-state index in [-0.39, 0.29) is 5.91 Å². The molecule has 4 heteroatoms. The van der Waals surface area contributed by atoms with Crippen molar-refractivity contribution in [1.29, 1.82) is 0 Å². The number of aromatic nitrogens is 1. The van der Waals surface area contributed by atoms with Crippen molar-refractivity contribution in [2.75, 3.05) is 18.0 Å². The summed E-state index contributed by atoms with van der Waals surface area (Å²) in [5.74, 6) is -0.362. The van der Waals surface area contributed by atoms with Crippen LogP contribution in [0.25, 0.3) is 5.69 Å². The molecule has 0 atom stereocenters. The fraction of sp³-hybridized carbons (Fsp3) is 0.312. The molecule has 20 heavy (non-hydrogen) atoms. The van der Waals surface area contributed by atoms with Gasteiger partial charge in [-0.15, -0.1) is 0 Å². The number of primary amides is 1. The molecule has 0 aliphatic carbocycles. The second-order valence-corrected chi connectivity index (χ2v) is 5.20. The summed E-state index contributed by atoms with van der Waals surface area (Å²) in [5, 5.41) is 0. The summed E-state index contributed by atoms with van der Waals surface area (Å²) >= 11 is 0. The fourth-order valence-electron chi connectivity index (χ4n) is 2.80. The Hall–Kier alpha value is -2.23. The van der Waals surface area contributed by atoms with E-state index in [0.717, 1.165) is 24.5 Å². The summed E-state index contributed by atoms with van der Waals surface area (Å²) in [6, 6.07) is 9.86. The Morgan fingerprint density at radius 1 is 1.05 bits per heavy atom. The lowest BCUT2D eigenvalue weighted by atomic mass is 10.1. The lowest BCUT2D eigenvalue weighted by molar-refractivity contribution is 0.100. The molecule has 0 bridgehead atoms. The third-order valence-electron chi connectivity index (χ3n) is 3.84. The minimum absolute atomic E-state index is 0.362. The van der Waals surface area contributed by atoms with E-state index in [2.05, 4.69) is 4.90 Å². The first-order chi connectivity index (χ1) is 9.75. The zero-order valence-corrected chi connectivity index (χ0v) is 11.5. The smallest absolute Gasteiger partial charge is 0.250 e. The molecule has 2 heterocycles. The molecular weight excluding hydrogens is 250 g/mol. The molecule has 1 fully saturated rings. The molecule has 0 unspecified atom stereocenters. The van der Waals surface area contributed by atoms with Crippen LogP contribution < -0.4 is 10.6 Å². The van der Waals surface area contributed by atoms with E-state index in [1.807, 2.05) is 47.3 Å².